The van der Waals surface area contributed by atoms with Crippen LogP contribution in [0.5, 0.6) is 0 Å². The van der Waals surface area contributed by atoms with Crippen LogP contribution in [0.4, 0.5) is 5.69 Å². The number of nitrogens with one attached hydrogen (secondary N) is 1. The first-order valence-electron chi connectivity index (χ1n) is 10.6. The molecule has 2 rings (SSSR count). The van der Waals surface area contributed by atoms with E-state index in [0.717, 1.165) is 10.6 Å². The zero-order valence-electron chi connectivity index (χ0n) is 19.4. The van der Waals surface area contributed by atoms with Crippen molar-refractivity contribution in [3.8, 4) is 0 Å². The summed E-state index contributed by atoms with van der Waals surface area (Å²) < 4.78 is 26.1. The van der Waals surface area contributed by atoms with E-state index in [9.17, 15) is 18.0 Å². The number of anilines is 1. The fourth-order valence-corrected chi connectivity index (χ4v) is 4.64. The molecule has 0 radical (unpaired) electrons. The molecule has 0 aliphatic carbocycles. The Hall–Kier alpha value is -2.00. The second-order valence-electron chi connectivity index (χ2n) is 7.95. The van der Waals surface area contributed by atoms with Crippen LogP contribution in [0.1, 0.15) is 32.8 Å². The highest BCUT2D eigenvalue weighted by Gasteiger charge is 2.31. The van der Waals surface area contributed by atoms with Gasteiger partial charge in [-0.2, -0.15) is 0 Å². The first-order valence-corrected chi connectivity index (χ1v) is 13.6. The second kappa shape index (κ2) is 12.1. The molecule has 34 heavy (non-hydrogen) atoms. The highest BCUT2D eigenvalue weighted by molar-refractivity contribution is 7.92. The van der Waals surface area contributed by atoms with Crippen molar-refractivity contribution < 1.29 is 18.0 Å². The lowest BCUT2D eigenvalue weighted by Crippen LogP contribution is -2.52. The van der Waals surface area contributed by atoms with Crippen molar-refractivity contribution >= 4 is 62.3 Å². The van der Waals surface area contributed by atoms with E-state index in [2.05, 4.69) is 5.32 Å². The smallest absolute Gasteiger partial charge is 0.244 e. The third-order valence-corrected chi connectivity index (χ3v) is 7.65. The average molecular weight is 549 g/mol. The minimum atomic E-state index is -3.92. The lowest BCUT2D eigenvalue weighted by molar-refractivity contribution is -0.139. The van der Waals surface area contributed by atoms with Gasteiger partial charge in [-0.1, -0.05) is 66.0 Å². The van der Waals surface area contributed by atoms with E-state index in [1.54, 1.807) is 31.2 Å². The summed E-state index contributed by atoms with van der Waals surface area (Å²) in [5.41, 5.74) is 0.687. The van der Waals surface area contributed by atoms with Crippen molar-refractivity contribution in [3.63, 3.8) is 0 Å². The maximum atomic E-state index is 13.5. The summed E-state index contributed by atoms with van der Waals surface area (Å²) in [6, 6.07) is 10.5. The number of sulfonamides is 1. The second-order valence-corrected chi connectivity index (χ2v) is 11.0. The molecule has 0 unspecified atom stereocenters. The number of hydrogen-bond donors (Lipinski definition) is 1. The van der Waals surface area contributed by atoms with Gasteiger partial charge in [0.05, 0.1) is 22.0 Å². The minimum absolute atomic E-state index is 0.00241. The number of carbonyl (C=O) groups is 2. The van der Waals surface area contributed by atoms with Crippen LogP contribution in [0.3, 0.4) is 0 Å². The lowest BCUT2D eigenvalue weighted by Gasteiger charge is -2.32. The summed E-state index contributed by atoms with van der Waals surface area (Å²) in [5, 5.41) is 3.43. The first kappa shape index (κ1) is 28.2. The number of rotatable bonds is 10. The van der Waals surface area contributed by atoms with E-state index < -0.39 is 28.5 Å². The molecule has 0 aliphatic heterocycles. The molecule has 0 aliphatic rings. The number of halogens is 3. The molecule has 0 aromatic heterocycles. The Kier molecular flexibility index (Phi) is 10.1. The Morgan fingerprint density at radius 1 is 1.00 bits per heavy atom. The minimum Gasteiger partial charge on any atom is -0.352 e. The summed E-state index contributed by atoms with van der Waals surface area (Å²) in [6.07, 6.45) is 1.68. The molecule has 0 spiro atoms. The van der Waals surface area contributed by atoms with E-state index in [1.165, 1.54) is 23.1 Å². The number of nitrogens with zero attached hydrogens (tertiary/aromatic N) is 2. The predicted molar refractivity (Wildman–Crippen MR) is 138 cm³/mol. The fourth-order valence-electron chi connectivity index (χ4n) is 3.14. The SMILES string of the molecule is CC[C@H](C)NC(=O)[C@@H](C)N(Cc1ccccc1Cl)C(=O)CN(c1cccc(Cl)c1Cl)S(C)(=O)=O. The highest BCUT2D eigenvalue weighted by Crippen LogP contribution is 2.33. The molecule has 0 bridgehead atoms. The van der Waals surface area contributed by atoms with Crippen LogP contribution in [0.25, 0.3) is 0 Å². The molecule has 186 valence electrons. The predicted octanol–water partition coefficient (Wildman–Crippen LogP) is 4.74. The normalized spacial score (nSPS) is 13.1. The molecule has 7 nitrogen and oxygen atoms in total. The van der Waals surface area contributed by atoms with Gasteiger partial charge < -0.3 is 10.2 Å². The molecule has 0 saturated heterocycles. The Balaban J connectivity index is 2.45. The number of benzene rings is 2. The van der Waals surface area contributed by atoms with E-state index in [-0.39, 0.29) is 34.2 Å². The summed E-state index contributed by atoms with van der Waals surface area (Å²) in [4.78, 5) is 27.7. The van der Waals surface area contributed by atoms with Crippen LogP contribution >= 0.6 is 34.8 Å². The van der Waals surface area contributed by atoms with Crippen LogP contribution < -0.4 is 9.62 Å². The summed E-state index contributed by atoms with van der Waals surface area (Å²) in [7, 11) is -3.92. The lowest BCUT2D eigenvalue weighted by atomic mass is 10.1. The van der Waals surface area contributed by atoms with Gasteiger partial charge in [-0.05, 0) is 44.0 Å². The summed E-state index contributed by atoms with van der Waals surface area (Å²) in [5.74, 6) is -0.963. The molecular formula is C23H28Cl3N3O4S. The maximum Gasteiger partial charge on any atom is 0.244 e. The van der Waals surface area contributed by atoms with Gasteiger partial charge >= 0.3 is 0 Å². The average Bonchev–Trinajstić information content (AvgIpc) is 2.77. The van der Waals surface area contributed by atoms with Crippen LogP contribution in [0.2, 0.25) is 15.1 Å². The largest absolute Gasteiger partial charge is 0.352 e. The molecular weight excluding hydrogens is 521 g/mol. The third-order valence-electron chi connectivity index (χ3n) is 5.35. The molecule has 2 aromatic carbocycles. The highest BCUT2D eigenvalue weighted by atomic mass is 35.5. The summed E-state index contributed by atoms with van der Waals surface area (Å²) in [6.45, 7) is 4.81. The Morgan fingerprint density at radius 3 is 2.21 bits per heavy atom. The molecule has 1 N–H and O–H groups in total. The van der Waals surface area contributed by atoms with E-state index >= 15 is 0 Å². The van der Waals surface area contributed by atoms with Crippen molar-refractivity contribution in [2.24, 2.45) is 0 Å². The zero-order valence-corrected chi connectivity index (χ0v) is 22.5. The topological polar surface area (TPSA) is 86.8 Å². The zero-order chi connectivity index (χ0) is 25.6. The number of carbonyl (C=O) groups excluding carboxylic acids is 2. The number of amides is 2. The molecule has 0 heterocycles. The molecule has 0 saturated carbocycles. The van der Waals surface area contributed by atoms with Gasteiger partial charge in [0, 0.05) is 17.6 Å². The molecule has 2 aromatic rings. The van der Waals surface area contributed by atoms with Gasteiger partial charge in [0.1, 0.15) is 12.6 Å². The van der Waals surface area contributed by atoms with Crippen molar-refractivity contribution in [2.75, 3.05) is 17.1 Å². The van der Waals surface area contributed by atoms with E-state index in [0.29, 0.717) is 17.0 Å². The summed E-state index contributed by atoms with van der Waals surface area (Å²) >= 11 is 18.6. The van der Waals surface area contributed by atoms with Crippen molar-refractivity contribution in [1.29, 1.82) is 0 Å². The van der Waals surface area contributed by atoms with Gasteiger partial charge in [-0.25, -0.2) is 8.42 Å². The van der Waals surface area contributed by atoms with Gasteiger partial charge in [0.25, 0.3) is 0 Å². The van der Waals surface area contributed by atoms with Gasteiger partial charge in [0.2, 0.25) is 21.8 Å². The van der Waals surface area contributed by atoms with Crippen LogP contribution in [-0.4, -0.2) is 50.0 Å². The van der Waals surface area contributed by atoms with E-state index in [1.807, 2.05) is 13.8 Å². The van der Waals surface area contributed by atoms with Crippen molar-refractivity contribution in [1.82, 2.24) is 10.2 Å². The molecule has 11 heteroatoms. The maximum absolute atomic E-state index is 13.5. The van der Waals surface area contributed by atoms with Gasteiger partial charge in [-0.15, -0.1) is 0 Å². The standard InChI is InChI=1S/C23H28Cl3N3O4S/c1-5-15(2)27-23(31)16(3)28(13-17-9-6-7-10-18(17)24)21(30)14-29(34(4,32)33)20-12-8-11-19(25)22(20)26/h6-12,15-16H,5,13-14H2,1-4H3,(H,27,31)/t15-,16+/m0/s1. The van der Waals surface area contributed by atoms with Crippen molar-refractivity contribution in [2.45, 2.75) is 45.8 Å². The first-order chi connectivity index (χ1) is 15.9. The Bertz CT molecular complexity index is 1140. The Morgan fingerprint density at radius 2 is 1.62 bits per heavy atom. The van der Waals surface area contributed by atoms with Crippen LogP contribution in [0, 0.1) is 0 Å². The third kappa shape index (κ3) is 7.25. The van der Waals surface area contributed by atoms with Gasteiger partial charge in [-0.3, -0.25) is 13.9 Å². The van der Waals surface area contributed by atoms with Crippen molar-refractivity contribution in [3.05, 3.63) is 63.1 Å². The van der Waals surface area contributed by atoms with Gasteiger partial charge in [0.15, 0.2) is 0 Å². The monoisotopic (exact) mass is 547 g/mol. The van der Waals surface area contributed by atoms with Crippen LogP contribution in [-0.2, 0) is 26.2 Å². The fraction of sp³-hybridized carbons (Fsp3) is 0.391. The quantitative estimate of drug-likeness (QED) is 0.464. The Labute approximate surface area is 216 Å². The number of hydrogen-bond acceptors (Lipinski definition) is 4. The molecule has 0 fully saturated rings. The van der Waals surface area contributed by atoms with Crippen LogP contribution in [0.15, 0.2) is 42.5 Å². The van der Waals surface area contributed by atoms with E-state index in [4.69, 9.17) is 34.8 Å². The molecule has 2 amide bonds. The molecule has 2 atom stereocenters.